The molecule has 2 aromatic rings. The summed E-state index contributed by atoms with van der Waals surface area (Å²) in [5.41, 5.74) is -3.10. The predicted octanol–water partition coefficient (Wildman–Crippen LogP) is 5.37. The van der Waals surface area contributed by atoms with Gasteiger partial charge in [0.2, 0.25) is 0 Å². The van der Waals surface area contributed by atoms with Crippen LogP contribution in [-0.2, 0) is 35.5 Å². The molecule has 1 unspecified atom stereocenters. The van der Waals surface area contributed by atoms with E-state index in [1.165, 1.54) is 24.0 Å². The van der Waals surface area contributed by atoms with Crippen molar-refractivity contribution < 1.29 is 40.7 Å². The van der Waals surface area contributed by atoms with Crippen molar-refractivity contribution in [2.75, 3.05) is 14.2 Å². The first-order chi connectivity index (χ1) is 17.9. The van der Waals surface area contributed by atoms with Crippen molar-refractivity contribution in [2.45, 2.75) is 76.1 Å². The van der Waals surface area contributed by atoms with Gasteiger partial charge in [0.25, 0.3) is 0 Å². The van der Waals surface area contributed by atoms with E-state index in [0.29, 0.717) is 16.5 Å². The SMILES string of the molecule is COC(=O)/C=C/c1cccc2c1c(CC(NS(=O)(=O)C(F)(F)F)C(=O)OC)cn2[Si](C(C)C)(C(C)C)C(C)C. The molecule has 2 rings (SSSR count). The zero-order valence-electron chi connectivity index (χ0n) is 23.4. The molecule has 1 heterocycles. The van der Waals surface area contributed by atoms with Crippen LogP contribution in [0.5, 0.6) is 0 Å². The molecule has 0 bridgehead atoms. The average molecular weight is 591 g/mol. The number of aromatic nitrogens is 1. The second-order valence-corrected chi connectivity index (χ2v) is 17.7. The van der Waals surface area contributed by atoms with Crippen LogP contribution in [-0.4, -0.2) is 58.6 Å². The van der Waals surface area contributed by atoms with Crippen molar-refractivity contribution in [3.05, 3.63) is 41.6 Å². The smallest absolute Gasteiger partial charge is 0.468 e. The summed E-state index contributed by atoms with van der Waals surface area (Å²) in [6.07, 6.45) is 4.16. The van der Waals surface area contributed by atoms with Crippen LogP contribution < -0.4 is 4.72 Å². The molecule has 0 saturated carbocycles. The summed E-state index contributed by atoms with van der Waals surface area (Å²) in [6, 6.07) is 3.58. The van der Waals surface area contributed by atoms with Crippen molar-refractivity contribution in [1.29, 1.82) is 0 Å². The molecule has 0 fully saturated rings. The fraction of sp³-hybridized carbons (Fsp3) is 0.538. The largest absolute Gasteiger partial charge is 0.511 e. The predicted molar refractivity (Wildman–Crippen MR) is 147 cm³/mol. The van der Waals surface area contributed by atoms with E-state index in [2.05, 4.69) is 50.5 Å². The van der Waals surface area contributed by atoms with Crippen molar-refractivity contribution in [3.8, 4) is 0 Å². The highest BCUT2D eigenvalue weighted by molar-refractivity contribution is 7.90. The van der Waals surface area contributed by atoms with Crippen molar-refractivity contribution in [1.82, 2.24) is 8.95 Å². The summed E-state index contributed by atoms with van der Waals surface area (Å²) in [5, 5.41) is 0.594. The molecule has 0 aliphatic rings. The van der Waals surface area contributed by atoms with Gasteiger partial charge in [0, 0.05) is 23.4 Å². The Morgan fingerprint density at radius 2 is 1.59 bits per heavy atom. The van der Waals surface area contributed by atoms with Gasteiger partial charge in [-0.3, -0.25) is 4.79 Å². The average Bonchev–Trinajstić information content (AvgIpc) is 3.19. The lowest BCUT2D eigenvalue weighted by Gasteiger charge is -2.44. The Morgan fingerprint density at radius 1 is 1.03 bits per heavy atom. The van der Waals surface area contributed by atoms with Gasteiger partial charge in [-0.05, 0) is 46.1 Å². The minimum absolute atomic E-state index is 0.246. The number of esters is 2. The van der Waals surface area contributed by atoms with E-state index in [9.17, 15) is 31.2 Å². The Hall–Kier alpha value is -2.64. The number of hydrogen-bond donors (Lipinski definition) is 1. The van der Waals surface area contributed by atoms with Crippen LogP contribution in [0, 0.1) is 0 Å². The number of fused-ring (bicyclic) bond motifs is 1. The Kier molecular flexibility index (Phi) is 10.2. The van der Waals surface area contributed by atoms with Gasteiger partial charge in [0.05, 0.1) is 14.2 Å². The van der Waals surface area contributed by atoms with E-state index in [0.717, 1.165) is 12.6 Å². The molecular weight excluding hydrogens is 553 g/mol. The van der Waals surface area contributed by atoms with Crippen molar-refractivity contribution in [2.24, 2.45) is 0 Å². The quantitative estimate of drug-likeness (QED) is 0.214. The summed E-state index contributed by atoms with van der Waals surface area (Å²) in [5.74, 6) is -1.76. The summed E-state index contributed by atoms with van der Waals surface area (Å²) in [6.45, 7) is 12.9. The number of rotatable bonds is 11. The molecule has 8 nitrogen and oxygen atoms in total. The van der Waals surface area contributed by atoms with Gasteiger partial charge in [-0.15, -0.1) is 0 Å². The van der Waals surface area contributed by atoms with Crippen LogP contribution in [0.15, 0.2) is 30.5 Å². The zero-order chi connectivity index (χ0) is 29.9. The number of hydrogen-bond acceptors (Lipinski definition) is 6. The number of nitrogens with one attached hydrogen (secondary N) is 1. The molecule has 0 saturated heterocycles. The molecule has 0 spiro atoms. The van der Waals surface area contributed by atoms with Gasteiger partial charge in [0.1, 0.15) is 6.04 Å². The van der Waals surface area contributed by atoms with Gasteiger partial charge in [0.15, 0.2) is 8.24 Å². The number of carbonyl (C=O) groups is 2. The number of nitrogens with zero attached hydrogens (tertiary/aromatic N) is 1. The minimum Gasteiger partial charge on any atom is -0.468 e. The lowest BCUT2D eigenvalue weighted by atomic mass is 10.0. The first kappa shape index (κ1) is 32.6. The molecule has 1 atom stereocenters. The molecule has 0 aliphatic heterocycles. The van der Waals surface area contributed by atoms with Gasteiger partial charge in [-0.25, -0.2) is 13.2 Å². The summed E-state index contributed by atoms with van der Waals surface area (Å²) in [4.78, 5) is 24.4. The maximum atomic E-state index is 13.2. The van der Waals surface area contributed by atoms with Crippen LogP contribution in [0.4, 0.5) is 13.2 Å². The first-order valence-corrected chi connectivity index (χ1v) is 16.2. The molecule has 39 heavy (non-hydrogen) atoms. The van der Waals surface area contributed by atoms with Gasteiger partial charge in [-0.2, -0.15) is 17.9 Å². The zero-order valence-corrected chi connectivity index (χ0v) is 25.2. The van der Waals surface area contributed by atoms with E-state index in [1.807, 2.05) is 18.3 Å². The highest BCUT2D eigenvalue weighted by atomic mass is 32.2. The lowest BCUT2D eigenvalue weighted by molar-refractivity contribution is -0.142. The third-order valence-electron chi connectivity index (χ3n) is 7.24. The first-order valence-electron chi connectivity index (χ1n) is 12.5. The van der Waals surface area contributed by atoms with Gasteiger partial charge < -0.3 is 13.7 Å². The third-order valence-corrected chi connectivity index (χ3v) is 15.2. The number of ether oxygens (including phenoxy) is 2. The highest BCUT2D eigenvalue weighted by Gasteiger charge is 2.49. The molecule has 1 N–H and O–H groups in total. The summed E-state index contributed by atoms with van der Waals surface area (Å²) >= 11 is 0. The molecule has 0 radical (unpaired) electrons. The number of halogens is 3. The Morgan fingerprint density at radius 3 is 2.05 bits per heavy atom. The minimum atomic E-state index is -5.85. The topological polar surface area (TPSA) is 104 Å². The summed E-state index contributed by atoms with van der Waals surface area (Å²) in [7, 11) is -6.06. The second-order valence-electron chi connectivity index (χ2n) is 10.3. The molecule has 1 aromatic carbocycles. The number of alkyl halides is 3. The molecule has 1 aromatic heterocycles. The number of carbonyl (C=O) groups excluding carboxylic acids is 2. The van der Waals surface area contributed by atoms with E-state index in [4.69, 9.17) is 4.74 Å². The maximum Gasteiger partial charge on any atom is 0.511 e. The normalized spacial score (nSPS) is 14.1. The standard InChI is InChI=1S/C26H37F3N2O6SSi/c1-16(2)39(17(3)4,18(5)6)31-15-20(14-21(25(33)37-8)30-38(34,35)26(27,28)29)24-19(10-9-11-22(24)31)12-13-23(32)36-7/h9-13,15-18,21,30H,14H2,1-8H3/b13-12+. The van der Waals surface area contributed by atoms with Gasteiger partial charge >= 0.3 is 27.5 Å². The molecule has 0 aliphatic carbocycles. The molecule has 218 valence electrons. The van der Waals surface area contributed by atoms with Crippen molar-refractivity contribution in [3.63, 3.8) is 0 Å². The molecule has 0 amide bonds. The Bertz CT molecular complexity index is 1310. The van der Waals surface area contributed by atoms with Crippen LogP contribution in [0.1, 0.15) is 52.7 Å². The molecule has 13 heteroatoms. The van der Waals surface area contributed by atoms with E-state index >= 15 is 0 Å². The van der Waals surface area contributed by atoms with Gasteiger partial charge in [-0.1, -0.05) is 53.7 Å². The monoisotopic (exact) mass is 590 g/mol. The van der Waals surface area contributed by atoms with Crippen LogP contribution in [0.25, 0.3) is 17.0 Å². The number of benzene rings is 1. The Balaban J connectivity index is 2.93. The summed E-state index contributed by atoms with van der Waals surface area (Å²) < 4.78 is 76.5. The fourth-order valence-electron chi connectivity index (χ4n) is 5.86. The lowest BCUT2D eigenvalue weighted by Crippen LogP contribution is -2.51. The second kappa shape index (κ2) is 12.3. The van der Waals surface area contributed by atoms with Crippen LogP contribution >= 0.6 is 0 Å². The highest BCUT2D eigenvalue weighted by Crippen LogP contribution is 2.45. The molecular formula is C26H37F3N2O6SSi. The van der Waals surface area contributed by atoms with Crippen molar-refractivity contribution >= 4 is 47.2 Å². The van der Waals surface area contributed by atoms with Crippen LogP contribution in [0.2, 0.25) is 16.6 Å². The Labute approximate surface area is 228 Å². The number of sulfonamides is 1. The number of methoxy groups -OCH3 is 2. The van der Waals surface area contributed by atoms with Crippen LogP contribution in [0.3, 0.4) is 0 Å². The van der Waals surface area contributed by atoms with E-state index in [-0.39, 0.29) is 16.6 Å². The third kappa shape index (κ3) is 6.41. The van der Waals surface area contributed by atoms with E-state index < -0.39 is 48.2 Å². The van der Waals surface area contributed by atoms with E-state index in [1.54, 1.807) is 6.07 Å². The maximum absolute atomic E-state index is 13.2. The fourth-order valence-corrected chi connectivity index (χ4v) is 13.2.